The number of halogens is 3. The van der Waals surface area contributed by atoms with Crippen molar-refractivity contribution >= 4 is 21.6 Å². The van der Waals surface area contributed by atoms with E-state index in [0.29, 0.717) is 6.54 Å². The van der Waals surface area contributed by atoms with E-state index in [0.717, 1.165) is 17.7 Å². The van der Waals surface area contributed by atoms with Gasteiger partial charge in [0.2, 0.25) is 0 Å². The Kier molecular flexibility index (Phi) is 3.47. The molecule has 0 aliphatic carbocycles. The average Bonchev–Trinajstić information content (AvgIpc) is 2.68. The normalized spacial score (nSPS) is 10.6. The molecule has 0 bridgehead atoms. The third-order valence-electron chi connectivity index (χ3n) is 2.39. The summed E-state index contributed by atoms with van der Waals surface area (Å²) in [6, 6.07) is 4.17. The molecule has 90 valence electrons. The van der Waals surface area contributed by atoms with Gasteiger partial charge in [-0.15, -0.1) is 0 Å². The van der Waals surface area contributed by atoms with Crippen molar-refractivity contribution < 1.29 is 8.78 Å². The fourth-order valence-electron chi connectivity index (χ4n) is 1.52. The van der Waals surface area contributed by atoms with Crippen molar-refractivity contribution in [2.24, 2.45) is 7.05 Å². The number of anilines is 1. The summed E-state index contributed by atoms with van der Waals surface area (Å²) in [6.07, 6.45) is 3.82. The maximum atomic E-state index is 13.5. The van der Waals surface area contributed by atoms with E-state index >= 15 is 0 Å². The first-order chi connectivity index (χ1) is 8.06. The lowest BCUT2D eigenvalue weighted by molar-refractivity contribution is 0.596. The Morgan fingerprint density at radius 3 is 2.71 bits per heavy atom. The molecule has 0 amide bonds. The number of benzene rings is 1. The zero-order chi connectivity index (χ0) is 12.4. The minimum absolute atomic E-state index is 0.125. The molecule has 0 saturated carbocycles. The highest BCUT2D eigenvalue weighted by Gasteiger charge is 2.07. The van der Waals surface area contributed by atoms with Crippen molar-refractivity contribution in [1.29, 1.82) is 0 Å². The van der Waals surface area contributed by atoms with Gasteiger partial charge < -0.3 is 9.88 Å². The molecule has 17 heavy (non-hydrogen) atoms. The van der Waals surface area contributed by atoms with Crippen LogP contribution in [0, 0.1) is 11.6 Å². The van der Waals surface area contributed by atoms with Crippen molar-refractivity contribution in [2.75, 3.05) is 5.32 Å². The van der Waals surface area contributed by atoms with Gasteiger partial charge in [0.1, 0.15) is 11.6 Å². The molecule has 1 aromatic heterocycles. The molecule has 2 nitrogen and oxygen atoms in total. The van der Waals surface area contributed by atoms with E-state index in [2.05, 4.69) is 21.2 Å². The number of hydrogen-bond donors (Lipinski definition) is 1. The lowest BCUT2D eigenvalue weighted by Crippen LogP contribution is -2.01. The number of aromatic nitrogens is 1. The standard InChI is InChI=1S/C12H11BrF2N2/c1-17-3-2-8(7-17)6-16-12-5-10(14)9(13)4-11(12)15/h2-5,7,16H,6H2,1H3. The van der Waals surface area contributed by atoms with Crippen LogP contribution in [0.3, 0.4) is 0 Å². The molecule has 0 atom stereocenters. The molecule has 0 spiro atoms. The fourth-order valence-corrected chi connectivity index (χ4v) is 1.84. The van der Waals surface area contributed by atoms with Crippen LogP contribution in [0.2, 0.25) is 0 Å². The first-order valence-corrected chi connectivity index (χ1v) is 5.85. The van der Waals surface area contributed by atoms with E-state index in [9.17, 15) is 8.78 Å². The fraction of sp³-hybridized carbons (Fsp3) is 0.167. The van der Waals surface area contributed by atoms with Crippen LogP contribution in [-0.2, 0) is 13.6 Å². The Morgan fingerprint density at radius 1 is 1.29 bits per heavy atom. The van der Waals surface area contributed by atoms with E-state index in [-0.39, 0.29) is 10.2 Å². The number of rotatable bonds is 3. The first-order valence-electron chi connectivity index (χ1n) is 5.05. The summed E-state index contributed by atoms with van der Waals surface area (Å²) in [5.41, 5.74) is 1.17. The van der Waals surface area contributed by atoms with Crippen molar-refractivity contribution in [3.63, 3.8) is 0 Å². The molecule has 2 aromatic rings. The third-order valence-corrected chi connectivity index (χ3v) is 2.99. The van der Waals surface area contributed by atoms with E-state index < -0.39 is 11.6 Å². The number of nitrogens with one attached hydrogen (secondary N) is 1. The summed E-state index contributed by atoms with van der Waals surface area (Å²) < 4.78 is 28.7. The SMILES string of the molecule is Cn1ccc(CNc2cc(F)c(Br)cc2F)c1. The second-order valence-electron chi connectivity index (χ2n) is 3.78. The van der Waals surface area contributed by atoms with Gasteiger partial charge >= 0.3 is 0 Å². The van der Waals surface area contributed by atoms with Crippen LogP contribution in [0.5, 0.6) is 0 Å². The quantitative estimate of drug-likeness (QED) is 0.856. The van der Waals surface area contributed by atoms with Crippen LogP contribution in [-0.4, -0.2) is 4.57 Å². The molecular weight excluding hydrogens is 290 g/mol. The van der Waals surface area contributed by atoms with Crippen LogP contribution in [0.25, 0.3) is 0 Å². The van der Waals surface area contributed by atoms with E-state index in [1.165, 1.54) is 0 Å². The Hall–Kier alpha value is -1.36. The van der Waals surface area contributed by atoms with Crippen LogP contribution in [0.15, 0.2) is 35.1 Å². The van der Waals surface area contributed by atoms with Gasteiger partial charge in [0, 0.05) is 32.1 Å². The Balaban J connectivity index is 2.11. The largest absolute Gasteiger partial charge is 0.378 e. The van der Waals surface area contributed by atoms with Gasteiger partial charge in [-0.2, -0.15) is 0 Å². The molecule has 2 rings (SSSR count). The van der Waals surface area contributed by atoms with Crippen molar-refractivity contribution in [1.82, 2.24) is 4.57 Å². The second kappa shape index (κ2) is 4.87. The number of nitrogens with zero attached hydrogens (tertiary/aromatic N) is 1. The second-order valence-corrected chi connectivity index (χ2v) is 4.64. The van der Waals surface area contributed by atoms with Crippen LogP contribution < -0.4 is 5.32 Å². The minimum Gasteiger partial charge on any atom is -0.378 e. The molecule has 0 radical (unpaired) electrons. The monoisotopic (exact) mass is 300 g/mol. The molecule has 0 unspecified atom stereocenters. The summed E-state index contributed by atoms with van der Waals surface area (Å²) in [5, 5.41) is 2.86. The average molecular weight is 301 g/mol. The van der Waals surface area contributed by atoms with E-state index in [4.69, 9.17) is 0 Å². The summed E-state index contributed by atoms with van der Waals surface area (Å²) in [4.78, 5) is 0. The number of aryl methyl sites for hydroxylation is 1. The predicted molar refractivity (Wildman–Crippen MR) is 66.8 cm³/mol. The first kappa shape index (κ1) is 12.1. The zero-order valence-corrected chi connectivity index (χ0v) is 10.8. The maximum absolute atomic E-state index is 13.5. The van der Waals surface area contributed by atoms with Crippen LogP contribution >= 0.6 is 15.9 Å². The molecular formula is C12H11BrF2N2. The molecule has 1 heterocycles. The molecule has 0 aliphatic rings. The lowest BCUT2D eigenvalue weighted by atomic mass is 10.2. The van der Waals surface area contributed by atoms with Crippen molar-refractivity contribution in [3.8, 4) is 0 Å². The van der Waals surface area contributed by atoms with Gasteiger partial charge in [-0.25, -0.2) is 8.78 Å². The third kappa shape index (κ3) is 2.85. The lowest BCUT2D eigenvalue weighted by Gasteiger charge is -2.07. The Morgan fingerprint density at radius 2 is 2.06 bits per heavy atom. The number of hydrogen-bond acceptors (Lipinski definition) is 1. The molecule has 0 aliphatic heterocycles. The summed E-state index contributed by atoms with van der Waals surface area (Å²) in [5.74, 6) is -0.962. The highest BCUT2D eigenvalue weighted by Crippen LogP contribution is 2.23. The van der Waals surface area contributed by atoms with Gasteiger partial charge in [0.25, 0.3) is 0 Å². The van der Waals surface area contributed by atoms with Crippen LogP contribution in [0.1, 0.15) is 5.56 Å². The molecule has 1 aromatic carbocycles. The predicted octanol–water partition coefficient (Wildman–Crippen LogP) is 3.68. The highest BCUT2D eigenvalue weighted by atomic mass is 79.9. The molecule has 0 fully saturated rings. The highest BCUT2D eigenvalue weighted by molar-refractivity contribution is 9.10. The van der Waals surface area contributed by atoms with Gasteiger partial charge in [-0.05, 0) is 33.6 Å². The Labute approximate surface area is 106 Å². The Bertz CT molecular complexity index is 537. The topological polar surface area (TPSA) is 17.0 Å². The molecule has 1 N–H and O–H groups in total. The molecule has 5 heteroatoms. The van der Waals surface area contributed by atoms with Gasteiger partial charge in [0.05, 0.1) is 10.2 Å². The minimum atomic E-state index is -0.484. The van der Waals surface area contributed by atoms with Crippen LogP contribution in [0.4, 0.5) is 14.5 Å². The van der Waals surface area contributed by atoms with Gasteiger partial charge in [-0.1, -0.05) is 0 Å². The maximum Gasteiger partial charge on any atom is 0.147 e. The smallest absolute Gasteiger partial charge is 0.147 e. The molecule has 0 saturated heterocycles. The summed E-state index contributed by atoms with van der Waals surface area (Å²) >= 11 is 2.93. The van der Waals surface area contributed by atoms with Crippen molar-refractivity contribution in [2.45, 2.75) is 6.54 Å². The van der Waals surface area contributed by atoms with Gasteiger partial charge in [-0.3, -0.25) is 0 Å². The summed E-state index contributed by atoms with van der Waals surface area (Å²) in [6.45, 7) is 0.457. The van der Waals surface area contributed by atoms with Crippen molar-refractivity contribution in [3.05, 3.63) is 52.3 Å². The zero-order valence-electron chi connectivity index (χ0n) is 9.17. The summed E-state index contributed by atoms with van der Waals surface area (Å²) in [7, 11) is 1.91. The van der Waals surface area contributed by atoms with E-state index in [1.807, 2.05) is 30.1 Å². The van der Waals surface area contributed by atoms with Gasteiger partial charge in [0.15, 0.2) is 0 Å². The van der Waals surface area contributed by atoms with E-state index in [1.54, 1.807) is 0 Å².